The first-order valence-electron chi connectivity index (χ1n) is 11.6. The molecule has 0 saturated carbocycles. The molecular weight excluding hydrogens is 626 g/mol. The van der Waals surface area contributed by atoms with E-state index in [9.17, 15) is 31.0 Å². The molecule has 216 valence electrons. The summed E-state index contributed by atoms with van der Waals surface area (Å²) in [6, 6.07) is 12.4. The van der Waals surface area contributed by atoms with Gasteiger partial charge in [0.25, 0.3) is 10.0 Å². The molecule has 0 bridgehead atoms. The van der Waals surface area contributed by atoms with Crippen molar-refractivity contribution in [1.82, 2.24) is 4.72 Å². The summed E-state index contributed by atoms with van der Waals surface area (Å²) in [4.78, 5) is 10.2. The summed E-state index contributed by atoms with van der Waals surface area (Å²) in [5.74, 6) is -0.313. The molecule has 0 aliphatic carbocycles. The van der Waals surface area contributed by atoms with Gasteiger partial charge in [0.1, 0.15) is 28.6 Å². The minimum absolute atomic E-state index is 0.177. The minimum atomic E-state index is -4.92. The van der Waals surface area contributed by atoms with Crippen LogP contribution in [0.1, 0.15) is 16.7 Å². The van der Waals surface area contributed by atoms with E-state index in [0.717, 1.165) is 23.5 Å². The van der Waals surface area contributed by atoms with Gasteiger partial charge in [0.05, 0.1) is 22.2 Å². The van der Waals surface area contributed by atoms with Gasteiger partial charge in [0, 0.05) is 22.2 Å². The fourth-order valence-corrected chi connectivity index (χ4v) is 8.53. The minimum Gasteiger partial charge on any atom is -0.485 e. The second-order valence-electron chi connectivity index (χ2n) is 8.58. The molecule has 0 radical (unpaired) electrons. The molecule has 0 saturated heterocycles. The van der Waals surface area contributed by atoms with E-state index in [1.807, 2.05) is 39.9 Å². The zero-order valence-corrected chi connectivity index (χ0v) is 24.3. The summed E-state index contributed by atoms with van der Waals surface area (Å²) in [5.41, 5.74) is -1.79. The van der Waals surface area contributed by atoms with Gasteiger partial charge in [-0.15, -0.1) is 11.3 Å². The molecule has 2 N–H and O–H groups in total. The predicted octanol–water partition coefficient (Wildman–Crippen LogP) is 5.62. The largest absolute Gasteiger partial charge is 0.485 e. The van der Waals surface area contributed by atoms with Crippen LogP contribution < -0.4 is 18.5 Å². The van der Waals surface area contributed by atoms with E-state index in [-0.39, 0.29) is 14.8 Å². The number of halogens is 4. The van der Waals surface area contributed by atoms with Crippen LogP contribution >= 0.6 is 30.5 Å². The highest BCUT2D eigenvalue weighted by molar-refractivity contribution is 7.92. The van der Waals surface area contributed by atoms with Crippen molar-refractivity contribution in [3.8, 4) is 17.6 Å². The normalized spacial score (nSPS) is 13.5. The van der Waals surface area contributed by atoms with E-state index in [4.69, 9.17) is 26.1 Å². The quantitative estimate of drug-likeness (QED) is 0.169. The van der Waals surface area contributed by atoms with Crippen LogP contribution in [0.2, 0.25) is 5.02 Å². The van der Waals surface area contributed by atoms with Gasteiger partial charge in [-0.25, -0.2) is 17.5 Å². The van der Waals surface area contributed by atoms with E-state index in [1.165, 1.54) is 13.0 Å². The van der Waals surface area contributed by atoms with Crippen LogP contribution in [0.3, 0.4) is 0 Å². The molecule has 0 aliphatic rings. The van der Waals surface area contributed by atoms with E-state index < -0.39 is 47.0 Å². The first-order chi connectivity index (χ1) is 19.2. The summed E-state index contributed by atoms with van der Waals surface area (Å²) in [5, 5.41) is 9.52. The fourth-order valence-electron chi connectivity index (χ4n) is 3.81. The highest BCUT2D eigenvalue weighted by Crippen LogP contribution is 2.45. The number of thiophene rings is 1. The zero-order chi connectivity index (χ0) is 30.0. The molecule has 16 heteroatoms. The Bertz CT molecular complexity index is 1790. The Morgan fingerprint density at radius 1 is 1.20 bits per heavy atom. The van der Waals surface area contributed by atoms with Crippen LogP contribution in [0, 0.1) is 18.3 Å². The number of hydrogen-bond acceptors (Lipinski definition) is 7. The topological polar surface area (TPSA) is 130 Å². The van der Waals surface area contributed by atoms with E-state index in [2.05, 4.69) is 0 Å². The predicted molar refractivity (Wildman–Crippen MR) is 146 cm³/mol. The highest BCUT2D eigenvalue weighted by Gasteiger charge is 2.35. The van der Waals surface area contributed by atoms with Crippen molar-refractivity contribution in [3.63, 3.8) is 0 Å². The molecular formula is C25H21ClF3N3O6PS2+. The Balaban J connectivity index is 1.49. The Labute approximate surface area is 241 Å². The van der Waals surface area contributed by atoms with Crippen molar-refractivity contribution in [2.45, 2.75) is 23.9 Å². The molecule has 41 heavy (non-hydrogen) atoms. The first-order valence-corrected chi connectivity index (χ1v) is 16.1. The maximum atomic E-state index is 13.2. The van der Waals surface area contributed by atoms with Crippen molar-refractivity contribution >= 4 is 50.6 Å². The molecule has 2 aromatic carbocycles. The number of nitriles is 1. The summed E-state index contributed by atoms with van der Waals surface area (Å²) in [7, 11) is -9.19. The van der Waals surface area contributed by atoms with Gasteiger partial charge in [0.2, 0.25) is 0 Å². The van der Waals surface area contributed by atoms with Crippen molar-refractivity contribution < 1.29 is 44.9 Å². The average Bonchev–Trinajstić information content (AvgIpc) is 3.27. The van der Waals surface area contributed by atoms with Gasteiger partial charge in [0.15, 0.2) is 18.9 Å². The van der Waals surface area contributed by atoms with E-state index >= 15 is 0 Å². The fraction of sp³-hybridized carbons (Fsp3) is 0.200. The highest BCUT2D eigenvalue weighted by atomic mass is 35.5. The van der Waals surface area contributed by atoms with Gasteiger partial charge in [-0.2, -0.15) is 23.2 Å². The molecule has 1 unspecified atom stereocenters. The molecule has 0 spiro atoms. The number of hydrogen-bond donors (Lipinski definition) is 2. The van der Waals surface area contributed by atoms with Crippen LogP contribution in [0.5, 0.6) is 11.5 Å². The number of nitrogens with one attached hydrogen (secondary N) is 1. The Morgan fingerprint density at radius 3 is 2.56 bits per heavy atom. The molecule has 0 amide bonds. The van der Waals surface area contributed by atoms with Crippen LogP contribution in [0.15, 0.2) is 65.1 Å². The molecule has 2 heterocycles. The Hall–Kier alpha value is -3.18. The van der Waals surface area contributed by atoms with Crippen molar-refractivity contribution in [2.75, 3.05) is 12.9 Å². The number of aryl methyl sites for hydroxylation is 1. The summed E-state index contributed by atoms with van der Waals surface area (Å²) >= 11 is 7.43. The van der Waals surface area contributed by atoms with Gasteiger partial charge in [-0.3, -0.25) is 0 Å². The van der Waals surface area contributed by atoms with Crippen LogP contribution in [-0.4, -0.2) is 26.2 Å². The number of fused-ring (bicyclic) bond motifs is 1. The summed E-state index contributed by atoms with van der Waals surface area (Å²) in [6.45, 7) is 2.36. The van der Waals surface area contributed by atoms with Crippen LogP contribution in [0.25, 0.3) is 10.1 Å². The maximum absolute atomic E-state index is 13.2. The lowest BCUT2D eigenvalue weighted by atomic mass is 10.1. The number of pyridine rings is 1. The third kappa shape index (κ3) is 7.19. The lowest BCUT2D eigenvalue weighted by Gasteiger charge is -2.16. The SMILES string of the molecule is Cc1c(S(=O)(=O)NCP(=O)(O)Oc2ccc(C#N)c(C(F)(F)F)c2)sc2ccc(OCC[n+]3ccccc3)c(Cl)c12. The third-order valence-electron chi connectivity index (χ3n) is 5.70. The Kier molecular flexibility index (Phi) is 8.98. The smallest absolute Gasteiger partial charge is 0.417 e. The second kappa shape index (κ2) is 12.0. The molecule has 9 nitrogen and oxygen atoms in total. The lowest BCUT2D eigenvalue weighted by molar-refractivity contribution is -0.697. The molecule has 0 aliphatic heterocycles. The number of benzene rings is 2. The van der Waals surface area contributed by atoms with Gasteiger partial charge in [-0.05, 0) is 42.8 Å². The standard InChI is InChI=1S/C25H20ClF3N3O6PS2/c1-16-22-21(8-7-20(23(22)26)37-12-11-32-9-3-2-4-10-32)40-24(16)41(35,36)31-15-39(33,34)38-18-6-5-17(14-30)19(13-18)25(27,28)29/h2-10,13,31H,11-12,15H2,1H3/p+1. The average molecular weight is 647 g/mol. The van der Waals surface area contributed by atoms with Crippen LogP contribution in [0.4, 0.5) is 13.2 Å². The number of nitrogens with zero attached hydrogens (tertiary/aromatic N) is 2. The molecule has 0 fully saturated rings. The summed E-state index contributed by atoms with van der Waals surface area (Å²) in [6.07, 6.45) is -2.30. The number of sulfonamides is 1. The van der Waals surface area contributed by atoms with Gasteiger partial charge >= 0.3 is 13.8 Å². The monoisotopic (exact) mass is 646 g/mol. The molecule has 4 rings (SSSR count). The number of alkyl halides is 3. The number of aromatic nitrogens is 1. The number of ether oxygens (including phenoxy) is 1. The lowest BCUT2D eigenvalue weighted by Crippen LogP contribution is -2.35. The molecule has 4 aromatic rings. The number of rotatable bonds is 10. The van der Waals surface area contributed by atoms with Crippen molar-refractivity contribution in [3.05, 3.63) is 82.6 Å². The van der Waals surface area contributed by atoms with Gasteiger partial charge < -0.3 is 14.2 Å². The Morgan fingerprint density at radius 2 is 1.90 bits per heavy atom. The van der Waals surface area contributed by atoms with Crippen molar-refractivity contribution in [1.29, 1.82) is 5.26 Å². The third-order valence-corrected chi connectivity index (χ3v) is 10.6. The molecule has 1 atom stereocenters. The first kappa shape index (κ1) is 30.8. The van der Waals surface area contributed by atoms with Crippen molar-refractivity contribution in [2.24, 2.45) is 0 Å². The van der Waals surface area contributed by atoms with Crippen LogP contribution in [-0.2, 0) is 27.3 Å². The second-order valence-corrected chi connectivity index (χ2v) is 13.7. The molecule has 2 aromatic heterocycles. The zero-order valence-electron chi connectivity index (χ0n) is 21.1. The maximum Gasteiger partial charge on any atom is 0.417 e. The van der Waals surface area contributed by atoms with E-state index in [1.54, 1.807) is 12.1 Å². The van der Waals surface area contributed by atoms with Gasteiger partial charge in [-0.1, -0.05) is 17.7 Å². The van der Waals surface area contributed by atoms with E-state index in [0.29, 0.717) is 35.1 Å². The summed E-state index contributed by atoms with van der Waals surface area (Å²) < 4.78 is 93.2.